The molecule has 0 fully saturated rings. The van der Waals surface area contributed by atoms with E-state index >= 15 is 0 Å². The van der Waals surface area contributed by atoms with Gasteiger partial charge in [0.05, 0.1) is 0 Å². The molecule has 1 unspecified atom stereocenters. The molecule has 0 aliphatic carbocycles. The van der Waals surface area contributed by atoms with Gasteiger partial charge in [-0.1, -0.05) is 23.8 Å². The molecule has 2 N–H and O–H groups in total. The van der Waals surface area contributed by atoms with Crippen molar-refractivity contribution >= 4 is 0 Å². The summed E-state index contributed by atoms with van der Waals surface area (Å²) in [6.07, 6.45) is -4.44. The van der Waals surface area contributed by atoms with Crippen molar-refractivity contribution in [3.05, 3.63) is 34.9 Å². The molecule has 1 aromatic carbocycles. The average molecular weight is 217 g/mol. The number of nitrogens with two attached hydrogens (primary N) is 1. The van der Waals surface area contributed by atoms with Crippen LogP contribution >= 0.6 is 0 Å². The van der Waals surface area contributed by atoms with Crippen molar-refractivity contribution in [3.8, 4) is 0 Å². The molecule has 0 heterocycles. The van der Waals surface area contributed by atoms with E-state index in [0.717, 1.165) is 12.5 Å². The summed E-state index contributed by atoms with van der Waals surface area (Å²) in [5, 5.41) is 0. The van der Waals surface area contributed by atoms with Crippen LogP contribution in [0.1, 0.15) is 23.6 Å². The van der Waals surface area contributed by atoms with E-state index in [2.05, 4.69) is 0 Å². The van der Waals surface area contributed by atoms with Gasteiger partial charge in [-0.25, -0.2) is 0 Å². The number of rotatable bonds is 1. The van der Waals surface area contributed by atoms with E-state index in [1.165, 1.54) is 6.07 Å². The quantitative estimate of drug-likeness (QED) is 0.768. The van der Waals surface area contributed by atoms with E-state index in [9.17, 15) is 13.2 Å². The summed E-state index contributed by atoms with van der Waals surface area (Å²) in [4.78, 5) is 0. The first kappa shape index (κ1) is 12.0. The molecule has 1 aromatic rings. The number of hydrogen-bond acceptors (Lipinski definition) is 1. The number of halogens is 3. The maximum absolute atomic E-state index is 12.7. The summed E-state index contributed by atoms with van der Waals surface area (Å²) < 4.78 is 38.0. The first-order chi connectivity index (χ1) is 6.66. The van der Waals surface area contributed by atoms with Crippen LogP contribution in [-0.2, 0) is 5.54 Å². The zero-order valence-corrected chi connectivity index (χ0v) is 8.94. The molecule has 1 rings (SSSR count). The molecule has 0 radical (unpaired) electrons. The van der Waals surface area contributed by atoms with Crippen LogP contribution in [0.15, 0.2) is 18.2 Å². The summed E-state index contributed by atoms with van der Waals surface area (Å²) in [7, 11) is 0. The van der Waals surface area contributed by atoms with Crippen LogP contribution in [-0.4, -0.2) is 6.18 Å². The lowest BCUT2D eigenvalue weighted by Gasteiger charge is -2.29. The van der Waals surface area contributed by atoms with Gasteiger partial charge in [0, 0.05) is 0 Å². The van der Waals surface area contributed by atoms with Crippen molar-refractivity contribution in [2.45, 2.75) is 32.5 Å². The van der Waals surface area contributed by atoms with Crippen LogP contribution in [0.3, 0.4) is 0 Å². The number of aryl methyl sites for hydroxylation is 2. The molecular formula is C11H14F3N. The minimum absolute atomic E-state index is 0.126. The van der Waals surface area contributed by atoms with Gasteiger partial charge in [-0.05, 0) is 31.9 Å². The predicted octanol–water partition coefficient (Wildman–Crippen LogP) is 3.04. The largest absolute Gasteiger partial charge is 0.410 e. The molecule has 0 aromatic heterocycles. The van der Waals surface area contributed by atoms with Crippen molar-refractivity contribution in [2.75, 3.05) is 0 Å². The zero-order valence-electron chi connectivity index (χ0n) is 8.94. The maximum atomic E-state index is 12.7. The number of hydrogen-bond donors (Lipinski definition) is 1. The fourth-order valence-electron chi connectivity index (χ4n) is 1.55. The Labute approximate surface area is 87.1 Å². The summed E-state index contributed by atoms with van der Waals surface area (Å²) >= 11 is 0. The van der Waals surface area contributed by atoms with Crippen molar-refractivity contribution in [1.82, 2.24) is 0 Å². The van der Waals surface area contributed by atoms with Gasteiger partial charge >= 0.3 is 6.18 Å². The standard InChI is InChI=1S/C11H14F3N/c1-7-4-5-9(8(2)6-7)10(3,15)11(12,13)14/h4-6H,15H2,1-3H3. The topological polar surface area (TPSA) is 26.0 Å². The molecule has 0 bridgehead atoms. The van der Waals surface area contributed by atoms with Gasteiger partial charge in [-0.2, -0.15) is 13.2 Å². The van der Waals surface area contributed by atoms with Crippen molar-refractivity contribution < 1.29 is 13.2 Å². The van der Waals surface area contributed by atoms with Crippen molar-refractivity contribution in [1.29, 1.82) is 0 Å². The maximum Gasteiger partial charge on any atom is 0.410 e. The summed E-state index contributed by atoms with van der Waals surface area (Å²) in [5.41, 5.74) is 4.67. The molecule has 0 amide bonds. The molecule has 0 aliphatic heterocycles. The molecule has 0 spiro atoms. The highest BCUT2D eigenvalue weighted by molar-refractivity contribution is 5.36. The van der Waals surface area contributed by atoms with Gasteiger partial charge in [-0.15, -0.1) is 0 Å². The second-order valence-corrected chi connectivity index (χ2v) is 4.02. The lowest BCUT2D eigenvalue weighted by atomic mass is 9.88. The fourth-order valence-corrected chi connectivity index (χ4v) is 1.55. The molecule has 0 saturated heterocycles. The van der Waals surface area contributed by atoms with Crippen LogP contribution < -0.4 is 5.73 Å². The monoisotopic (exact) mass is 217 g/mol. The van der Waals surface area contributed by atoms with E-state index in [1.807, 2.05) is 6.92 Å². The number of benzene rings is 1. The Hall–Kier alpha value is -1.03. The number of alkyl halides is 3. The Balaban J connectivity index is 3.28. The zero-order chi connectivity index (χ0) is 11.9. The van der Waals surface area contributed by atoms with E-state index < -0.39 is 11.7 Å². The molecule has 1 atom stereocenters. The normalized spacial score (nSPS) is 16.2. The average Bonchev–Trinajstić information content (AvgIpc) is 2.00. The SMILES string of the molecule is Cc1ccc(C(C)(N)C(F)(F)F)c(C)c1. The van der Waals surface area contributed by atoms with Crippen molar-refractivity contribution in [2.24, 2.45) is 5.73 Å². The van der Waals surface area contributed by atoms with E-state index in [-0.39, 0.29) is 5.56 Å². The van der Waals surface area contributed by atoms with E-state index in [1.54, 1.807) is 19.1 Å². The van der Waals surface area contributed by atoms with Crippen LogP contribution in [0.2, 0.25) is 0 Å². The molecule has 15 heavy (non-hydrogen) atoms. The second kappa shape index (κ2) is 3.52. The van der Waals surface area contributed by atoms with E-state index in [4.69, 9.17) is 5.73 Å². The summed E-state index contributed by atoms with van der Waals surface area (Å²) in [6, 6.07) is 4.78. The Bertz CT molecular complexity index is 367. The highest BCUT2D eigenvalue weighted by Gasteiger charge is 2.49. The molecule has 84 valence electrons. The summed E-state index contributed by atoms with van der Waals surface area (Å²) in [5.74, 6) is 0. The lowest BCUT2D eigenvalue weighted by Crippen LogP contribution is -2.48. The first-order valence-electron chi connectivity index (χ1n) is 4.59. The van der Waals surface area contributed by atoms with Gasteiger partial charge in [0.2, 0.25) is 0 Å². The predicted molar refractivity (Wildman–Crippen MR) is 53.5 cm³/mol. The highest BCUT2D eigenvalue weighted by Crippen LogP contribution is 2.37. The summed E-state index contributed by atoms with van der Waals surface area (Å²) in [6.45, 7) is 4.46. The van der Waals surface area contributed by atoms with Gasteiger partial charge in [0.15, 0.2) is 0 Å². The van der Waals surface area contributed by atoms with Gasteiger partial charge in [0.1, 0.15) is 5.54 Å². The molecule has 0 aliphatic rings. The minimum Gasteiger partial charge on any atom is -0.314 e. The van der Waals surface area contributed by atoms with Gasteiger partial charge in [0.25, 0.3) is 0 Å². The smallest absolute Gasteiger partial charge is 0.314 e. The highest BCUT2D eigenvalue weighted by atomic mass is 19.4. The molecule has 4 heteroatoms. The van der Waals surface area contributed by atoms with E-state index in [0.29, 0.717) is 5.56 Å². The third-order valence-corrected chi connectivity index (χ3v) is 2.53. The Morgan fingerprint density at radius 1 is 1.13 bits per heavy atom. The minimum atomic E-state index is -4.44. The van der Waals surface area contributed by atoms with Crippen LogP contribution in [0.5, 0.6) is 0 Å². The fraction of sp³-hybridized carbons (Fsp3) is 0.455. The third-order valence-electron chi connectivity index (χ3n) is 2.53. The Morgan fingerprint density at radius 3 is 2.07 bits per heavy atom. The second-order valence-electron chi connectivity index (χ2n) is 4.02. The molecule has 1 nitrogen and oxygen atoms in total. The first-order valence-corrected chi connectivity index (χ1v) is 4.59. The lowest BCUT2D eigenvalue weighted by molar-refractivity contribution is -0.184. The van der Waals surface area contributed by atoms with Gasteiger partial charge < -0.3 is 5.73 Å². The van der Waals surface area contributed by atoms with Crippen LogP contribution in [0.25, 0.3) is 0 Å². The van der Waals surface area contributed by atoms with Crippen LogP contribution in [0.4, 0.5) is 13.2 Å². The molecule has 0 saturated carbocycles. The third kappa shape index (κ3) is 2.15. The van der Waals surface area contributed by atoms with Crippen molar-refractivity contribution in [3.63, 3.8) is 0 Å². The Kier molecular flexibility index (Phi) is 2.83. The Morgan fingerprint density at radius 2 is 1.67 bits per heavy atom. The van der Waals surface area contributed by atoms with Gasteiger partial charge in [-0.3, -0.25) is 0 Å². The molecular weight excluding hydrogens is 203 g/mol. The van der Waals surface area contributed by atoms with Crippen LogP contribution in [0, 0.1) is 13.8 Å².